The van der Waals surface area contributed by atoms with Crippen molar-refractivity contribution in [1.29, 1.82) is 0 Å². The molecule has 5 rings (SSSR count). The number of fused-ring (bicyclic) bond motifs is 3. The van der Waals surface area contributed by atoms with Crippen LogP contribution in [0.25, 0.3) is 16.3 Å². The van der Waals surface area contributed by atoms with Gasteiger partial charge in [-0.05, 0) is 47.4 Å². The fourth-order valence-corrected chi connectivity index (χ4v) is 4.50. The topological polar surface area (TPSA) is 42.4 Å². The molecule has 2 aliphatic rings. The van der Waals surface area contributed by atoms with E-state index in [2.05, 4.69) is 29.3 Å². The molecule has 2 bridgehead atoms. The van der Waals surface area contributed by atoms with Crippen LogP contribution in [0, 0.1) is 0 Å². The molecular weight excluding hydrogens is 348 g/mol. The molecule has 2 aliphatic heterocycles. The van der Waals surface area contributed by atoms with Crippen molar-refractivity contribution in [1.82, 2.24) is 9.88 Å². The van der Waals surface area contributed by atoms with Crippen LogP contribution >= 0.6 is 0 Å². The van der Waals surface area contributed by atoms with E-state index in [4.69, 9.17) is 4.74 Å². The van der Waals surface area contributed by atoms with Crippen molar-refractivity contribution in [3.8, 4) is 0 Å². The van der Waals surface area contributed by atoms with Gasteiger partial charge in [0.1, 0.15) is 6.61 Å². The molecule has 1 aromatic heterocycles. The van der Waals surface area contributed by atoms with Crippen LogP contribution in [0.1, 0.15) is 30.4 Å². The lowest BCUT2D eigenvalue weighted by molar-refractivity contribution is 0.0832. The minimum Gasteiger partial charge on any atom is -0.445 e. The van der Waals surface area contributed by atoms with Crippen molar-refractivity contribution < 1.29 is 9.53 Å². The Morgan fingerprint density at radius 2 is 1.96 bits per heavy atom. The number of rotatable bonds is 3. The van der Waals surface area contributed by atoms with E-state index in [1.165, 1.54) is 21.9 Å². The molecule has 3 aromatic rings. The van der Waals surface area contributed by atoms with Crippen LogP contribution in [-0.2, 0) is 11.3 Å². The summed E-state index contributed by atoms with van der Waals surface area (Å²) in [5.74, 6) is 0. The van der Waals surface area contributed by atoms with Crippen LogP contribution in [0.5, 0.6) is 0 Å². The van der Waals surface area contributed by atoms with Crippen molar-refractivity contribution in [3.63, 3.8) is 0 Å². The van der Waals surface area contributed by atoms with Crippen LogP contribution < -0.4 is 0 Å². The van der Waals surface area contributed by atoms with Crippen molar-refractivity contribution >= 4 is 22.4 Å². The van der Waals surface area contributed by atoms with Gasteiger partial charge >= 0.3 is 6.09 Å². The second-order valence-electron chi connectivity index (χ2n) is 7.54. The number of benzene rings is 2. The van der Waals surface area contributed by atoms with Crippen LogP contribution in [-0.4, -0.2) is 28.1 Å². The standard InChI is InChI=1S/C24H22N2O2/c27-24(28-16-17-5-2-1-3-6-17)26-20-9-10-21(26)14-19(13-20)22-8-4-7-18-11-12-25-15-23(18)22/h1-8,11-13,15,20-21H,9-10,14,16H2. The molecule has 0 spiro atoms. The minimum atomic E-state index is -0.203. The molecule has 1 fully saturated rings. The zero-order chi connectivity index (χ0) is 18.9. The van der Waals surface area contributed by atoms with E-state index in [0.29, 0.717) is 6.61 Å². The second-order valence-corrected chi connectivity index (χ2v) is 7.54. The number of hydrogen-bond acceptors (Lipinski definition) is 3. The van der Waals surface area contributed by atoms with E-state index in [0.717, 1.165) is 24.8 Å². The lowest BCUT2D eigenvalue weighted by Crippen LogP contribution is -2.43. The summed E-state index contributed by atoms with van der Waals surface area (Å²) in [4.78, 5) is 19.0. The number of carbonyl (C=O) groups excluding carboxylic acids is 1. The van der Waals surface area contributed by atoms with E-state index in [9.17, 15) is 4.79 Å². The van der Waals surface area contributed by atoms with Gasteiger partial charge in [0, 0.05) is 23.8 Å². The number of aromatic nitrogens is 1. The molecule has 0 saturated carbocycles. The average Bonchev–Trinajstić information content (AvgIpc) is 3.02. The van der Waals surface area contributed by atoms with Gasteiger partial charge in [0.25, 0.3) is 0 Å². The summed E-state index contributed by atoms with van der Waals surface area (Å²) in [7, 11) is 0. The molecule has 1 saturated heterocycles. The molecule has 0 radical (unpaired) electrons. The first kappa shape index (κ1) is 17.0. The quantitative estimate of drug-likeness (QED) is 0.637. The molecule has 140 valence electrons. The Morgan fingerprint density at radius 3 is 2.82 bits per heavy atom. The Morgan fingerprint density at radius 1 is 1.07 bits per heavy atom. The summed E-state index contributed by atoms with van der Waals surface area (Å²) in [6.07, 6.45) is 8.71. The largest absolute Gasteiger partial charge is 0.445 e. The van der Waals surface area contributed by atoms with Gasteiger partial charge in [-0.1, -0.05) is 54.6 Å². The van der Waals surface area contributed by atoms with Gasteiger partial charge in [0.15, 0.2) is 0 Å². The summed E-state index contributed by atoms with van der Waals surface area (Å²) in [6, 6.07) is 18.6. The maximum atomic E-state index is 12.8. The number of ether oxygens (including phenoxy) is 1. The molecule has 2 atom stereocenters. The first-order valence-electron chi connectivity index (χ1n) is 9.82. The smallest absolute Gasteiger partial charge is 0.410 e. The number of hydrogen-bond donors (Lipinski definition) is 0. The average molecular weight is 370 g/mol. The van der Waals surface area contributed by atoms with Gasteiger partial charge in [-0.15, -0.1) is 0 Å². The number of nitrogens with zero attached hydrogens (tertiary/aromatic N) is 2. The zero-order valence-electron chi connectivity index (χ0n) is 15.6. The van der Waals surface area contributed by atoms with Crippen molar-refractivity contribution in [2.45, 2.75) is 38.0 Å². The maximum absolute atomic E-state index is 12.8. The lowest BCUT2D eigenvalue weighted by Gasteiger charge is -2.33. The van der Waals surface area contributed by atoms with Crippen molar-refractivity contribution in [2.24, 2.45) is 0 Å². The Labute approximate surface area is 164 Å². The molecule has 28 heavy (non-hydrogen) atoms. The Hall–Kier alpha value is -3.14. The van der Waals surface area contributed by atoms with Crippen LogP contribution in [0.4, 0.5) is 4.79 Å². The van der Waals surface area contributed by atoms with Crippen LogP contribution in [0.15, 0.2) is 73.1 Å². The number of pyridine rings is 1. The summed E-state index contributed by atoms with van der Waals surface area (Å²) >= 11 is 0. The fraction of sp³-hybridized carbons (Fsp3) is 0.250. The highest BCUT2D eigenvalue weighted by Gasteiger charge is 2.40. The molecular formula is C24H22N2O2. The molecule has 2 unspecified atom stereocenters. The van der Waals surface area contributed by atoms with Crippen LogP contribution in [0.3, 0.4) is 0 Å². The summed E-state index contributed by atoms with van der Waals surface area (Å²) in [6.45, 7) is 0.321. The van der Waals surface area contributed by atoms with Gasteiger partial charge in [0.2, 0.25) is 0 Å². The molecule has 1 amide bonds. The van der Waals surface area contributed by atoms with Crippen LogP contribution in [0.2, 0.25) is 0 Å². The predicted octanol–water partition coefficient (Wildman–Crippen LogP) is 5.19. The second kappa shape index (κ2) is 7.12. The maximum Gasteiger partial charge on any atom is 0.410 e. The van der Waals surface area contributed by atoms with Gasteiger partial charge < -0.3 is 4.74 Å². The van der Waals surface area contributed by atoms with E-state index in [1.807, 2.05) is 53.7 Å². The molecule has 3 heterocycles. The van der Waals surface area contributed by atoms with Gasteiger partial charge in [-0.2, -0.15) is 0 Å². The Bertz CT molecular complexity index is 1040. The number of amides is 1. The van der Waals surface area contributed by atoms with E-state index < -0.39 is 0 Å². The molecule has 2 aromatic carbocycles. The summed E-state index contributed by atoms with van der Waals surface area (Å²) in [5.41, 5.74) is 3.57. The van der Waals surface area contributed by atoms with Crippen molar-refractivity contribution in [2.75, 3.05) is 0 Å². The fourth-order valence-electron chi connectivity index (χ4n) is 4.50. The monoisotopic (exact) mass is 370 g/mol. The third kappa shape index (κ3) is 3.05. The first-order valence-corrected chi connectivity index (χ1v) is 9.82. The molecule has 4 heteroatoms. The molecule has 0 aliphatic carbocycles. The van der Waals surface area contributed by atoms with E-state index in [-0.39, 0.29) is 18.2 Å². The Balaban J connectivity index is 1.37. The highest BCUT2D eigenvalue weighted by molar-refractivity contribution is 5.94. The third-order valence-electron chi connectivity index (χ3n) is 5.84. The van der Waals surface area contributed by atoms with Crippen molar-refractivity contribution in [3.05, 3.63) is 84.2 Å². The summed E-state index contributed by atoms with van der Waals surface area (Å²) < 4.78 is 5.61. The van der Waals surface area contributed by atoms with E-state index in [1.54, 1.807) is 0 Å². The predicted molar refractivity (Wildman–Crippen MR) is 110 cm³/mol. The lowest BCUT2D eigenvalue weighted by atomic mass is 9.92. The molecule has 4 nitrogen and oxygen atoms in total. The first-order chi connectivity index (χ1) is 13.8. The number of carbonyl (C=O) groups is 1. The highest BCUT2D eigenvalue weighted by atomic mass is 16.6. The summed E-state index contributed by atoms with van der Waals surface area (Å²) in [5, 5.41) is 2.38. The zero-order valence-corrected chi connectivity index (χ0v) is 15.6. The van der Waals surface area contributed by atoms with Gasteiger partial charge in [0.05, 0.1) is 6.04 Å². The van der Waals surface area contributed by atoms with Gasteiger partial charge in [-0.3, -0.25) is 9.88 Å². The molecule has 0 N–H and O–H groups in total. The van der Waals surface area contributed by atoms with Gasteiger partial charge in [-0.25, -0.2) is 4.79 Å². The minimum absolute atomic E-state index is 0.115. The Kier molecular flexibility index (Phi) is 4.32. The normalized spacial score (nSPS) is 20.9. The highest BCUT2D eigenvalue weighted by Crippen LogP contribution is 2.40. The third-order valence-corrected chi connectivity index (χ3v) is 5.84. The van der Waals surface area contributed by atoms with E-state index >= 15 is 0 Å². The SMILES string of the molecule is O=C(OCc1ccccc1)N1C2C=C(c3cccc4ccncc34)CC1CC2.